The minimum atomic E-state index is -0.367. The molecule has 0 N–H and O–H groups in total. The Morgan fingerprint density at radius 1 is 1.53 bits per heavy atom. The van der Waals surface area contributed by atoms with Crippen molar-refractivity contribution >= 4 is 5.97 Å². The van der Waals surface area contributed by atoms with Crippen molar-refractivity contribution in [2.24, 2.45) is 17.3 Å². The lowest BCUT2D eigenvalue weighted by atomic mass is 9.54. The number of allylic oxidation sites excluding steroid dienone is 2. The molecule has 4 rings (SSSR count). The highest BCUT2D eigenvalue weighted by Gasteiger charge is 2.47. The first-order valence-electron chi connectivity index (χ1n) is 7.16. The maximum absolute atomic E-state index is 11.3. The summed E-state index contributed by atoms with van der Waals surface area (Å²) in [6.45, 7) is 5.98. The Bertz CT molecular complexity index is 437. The highest BCUT2D eigenvalue weighted by atomic mass is 16.7. The van der Waals surface area contributed by atoms with Crippen LogP contribution < -0.4 is 0 Å². The summed E-state index contributed by atoms with van der Waals surface area (Å²) in [5.74, 6) is 1.28. The lowest BCUT2D eigenvalue weighted by molar-refractivity contribution is -0.156. The topological polar surface area (TPSA) is 35.5 Å². The molecule has 4 bridgehead atoms. The molecule has 0 aromatic carbocycles. The maximum Gasteiger partial charge on any atom is 0.335 e. The SMILES string of the molecule is C=C(C)C(=O)OCOCC12CC3=CC(CC(C3)C1)C2. The number of carbonyl (C=O) groups excluding carboxylic acids is 1. The number of hydrogen-bond acceptors (Lipinski definition) is 3. The van der Waals surface area contributed by atoms with Crippen molar-refractivity contribution in [3.05, 3.63) is 23.8 Å². The van der Waals surface area contributed by atoms with E-state index in [0.717, 1.165) is 18.4 Å². The van der Waals surface area contributed by atoms with E-state index in [9.17, 15) is 4.79 Å². The minimum Gasteiger partial charge on any atom is -0.435 e. The predicted octanol–water partition coefficient (Wildman–Crippen LogP) is 3.22. The average molecular weight is 262 g/mol. The number of esters is 1. The minimum absolute atomic E-state index is 0.0574. The standard InChI is InChI=1S/C16H22O3/c1-11(2)15(17)19-10-18-9-16-6-12-3-13(7-16)5-14(4-12)8-16/h3,12,14H,1,4-10H2,2H3. The predicted molar refractivity (Wildman–Crippen MR) is 72.3 cm³/mol. The maximum atomic E-state index is 11.3. The zero-order chi connectivity index (χ0) is 13.5. The van der Waals surface area contributed by atoms with Crippen molar-refractivity contribution in [1.29, 1.82) is 0 Å². The second-order valence-corrected chi connectivity index (χ2v) is 6.65. The first-order chi connectivity index (χ1) is 9.06. The molecule has 4 aliphatic rings. The Labute approximate surface area is 114 Å². The van der Waals surface area contributed by atoms with Crippen LogP contribution in [0.1, 0.15) is 39.0 Å². The summed E-state index contributed by atoms with van der Waals surface area (Å²) in [7, 11) is 0. The first-order valence-corrected chi connectivity index (χ1v) is 7.16. The third kappa shape index (κ3) is 2.62. The molecular formula is C16H22O3. The molecule has 0 heterocycles. The Balaban J connectivity index is 1.50. The van der Waals surface area contributed by atoms with Gasteiger partial charge in [0.05, 0.1) is 6.61 Å². The molecule has 4 aliphatic carbocycles. The molecule has 2 fully saturated rings. The van der Waals surface area contributed by atoms with Gasteiger partial charge in [-0.1, -0.05) is 18.2 Å². The molecule has 2 saturated carbocycles. The smallest absolute Gasteiger partial charge is 0.335 e. The summed E-state index contributed by atoms with van der Waals surface area (Å²) in [5.41, 5.74) is 2.38. The summed E-state index contributed by atoms with van der Waals surface area (Å²) in [4.78, 5) is 11.3. The van der Waals surface area contributed by atoms with E-state index in [2.05, 4.69) is 12.7 Å². The van der Waals surface area contributed by atoms with Crippen LogP contribution in [0.5, 0.6) is 0 Å². The van der Waals surface area contributed by atoms with Crippen LogP contribution in [0.3, 0.4) is 0 Å². The summed E-state index contributed by atoms with van der Waals surface area (Å²) in [5, 5.41) is 0. The lowest BCUT2D eigenvalue weighted by Gasteiger charge is -2.52. The van der Waals surface area contributed by atoms with E-state index < -0.39 is 0 Å². The first kappa shape index (κ1) is 12.9. The van der Waals surface area contributed by atoms with Gasteiger partial charge in [-0.3, -0.25) is 0 Å². The van der Waals surface area contributed by atoms with Crippen LogP contribution in [-0.2, 0) is 14.3 Å². The number of rotatable bonds is 5. The molecule has 3 unspecified atom stereocenters. The summed E-state index contributed by atoms with van der Waals surface area (Å²) >= 11 is 0. The molecule has 0 saturated heterocycles. The van der Waals surface area contributed by atoms with E-state index in [0.29, 0.717) is 11.0 Å². The Hall–Kier alpha value is -1.09. The fraction of sp³-hybridized carbons (Fsp3) is 0.688. The van der Waals surface area contributed by atoms with Gasteiger partial charge in [0.1, 0.15) is 0 Å². The van der Waals surface area contributed by atoms with Crippen LogP contribution in [0, 0.1) is 17.3 Å². The molecular weight excluding hydrogens is 240 g/mol. The second kappa shape index (κ2) is 4.78. The molecule has 3 heteroatoms. The van der Waals surface area contributed by atoms with Crippen molar-refractivity contribution < 1.29 is 14.3 Å². The summed E-state index contributed by atoms with van der Waals surface area (Å²) in [6.07, 6.45) is 8.90. The molecule has 19 heavy (non-hydrogen) atoms. The van der Waals surface area contributed by atoms with Crippen LogP contribution in [0.4, 0.5) is 0 Å². The molecule has 0 aliphatic heterocycles. The molecule has 3 nitrogen and oxygen atoms in total. The van der Waals surface area contributed by atoms with Gasteiger partial charge in [-0.2, -0.15) is 0 Å². The van der Waals surface area contributed by atoms with Gasteiger partial charge in [-0.15, -0.1) is 0 Å². The number of ether oxygens (including phenoxy) is 2. The van der Waals surface area contributed by atoms with E-state index in [-0.39, 0.29) is 12.8 Å². The van der Waals surface area contributed by atoms with Crippen molar-refractivity contribution in [3.63, 3.8) is 0 Å². The summed E-state index contributed by atoms with van der Waals surface area (Å²) < 4.78 is 10.6. The van der Waals surface area contributed by atoms with Gasteiger partial charge in [-0.05, 0) is 56.3 Å². The molecule has 0 aromatic rings. The van der Waals surface area contributed by atoms with Crippen molar-refractivity contribution in [2.75, 3.05) is 13.4 Å². The van der Waals surface area contributed by atoms with E-state index in [1.165, 1.54) is 32.1 Å². The molecule has 3 atom stereocenters. The van der Waals surface area contributed by atoms with Crippen LogP contribution in [0.15, 0.2) is 23.8 Å². The van der Waals surface area contributed by atoms with Gasteiger partial charge >= 0.3 is 5.97 Å². The van der Waals surface area contributed by atoms with Crippen LogP contribution >= 0.6 is 0 Å². The van der Waals surface area contributed by atoms with Gasteiger partial charge in [0.15, 0.2) is 6.79 Å². The highest BCUT2D eigenvalue weighted by Crippen LogP contribution is 2.57. The van der Waals surface area contributed by atoms with Crippen molar-refractivity contribution in [1.82, 2.24) is 0 Å². The highest BCUT2D eigenvalue weighted by molar-refractivity contribution is 5.86. The third-order valence-electron chi connectivity index (χ3n) is 4.71. The van der Waals surface area contributed by atoms with Gasteiger partial charge in [0.25, 0.3) is 0 Å². The fourth-order valence-electron chi connectivity index (χ4n) is 4.30. The van der Waals surface area contributed by atoms with Gasteiger partial charge in [0.2, 0.25) is 0 Å². The van der Waals surface area contributed by atoms with Crippen molar-refractivity contribution in [3.8, 4) is 0 Å². The Morgan fingerprint density at radius 3 is 3.05 bits per heavy atom. The van der Waals surface area contributed by atoms with Gasteiger partial charge < -0.3 is 9.47 Å². The van der Waals surface area contributed by atoms with Crippen LogP contribution in [0.2, 0.25) is 0 Å². The van der Waals surface area contributed by atoms with E-state index in [4.69, 9.17) is 9.47 Å². The monoisotopic (exact) mass is 262 g/mol. The lowest BCUT2D eigenvalue weighted by Crippen LogP contribution is -2.43. The largest absolute Gasteiger partial charge is 0.435 e. The quantitative estimate of drug-likeness (QED) is 0.251. The molecule has 0 spiro atoms. The number of carbonyl (C=O) groups is 1. The zero-order valence-corrected chi connectivity index (χ0v) is 11.6. The molecule has 0 aromatic heterocycles. The summed E-state index contributed by atoms with van der Waals surface area (Å²) in [6, 6.07) is 0. The van der Waals surface area contributed by atoms with E-state index in [1.807, 2.05) is 0 Å². The zero-order valence-electron chi connectivity index (χ0n) is 11.6. The normalized spacial score (nSPS) is 35.1. The third-order valence-corrected chi connectivity index (χ3v) is 4.71. The van der Waals surface area contributed by atoms with E-state index >= 15 is 0 Å². The molecule has 104 valence electrons. The van der Waals surface area contributed by atoms with E-state index in [1.54, 1.807) is 12.5 Å². The van der Waals surface area contributed by atoms with Crippen LogP contribution in [0.25, 0.3) is 0 Å². The average Bonchev–Trinajstić information content (AvgIpc) is 2.32. The van der Waals surface area contributed by atoms with Gasteiger partial charge in [0, 0.05) is 5.57 Å². The Morgan fingerprint density at radius 2 is 2.37 bits per heavy atom. The molecule has 0 amide bonds. The number of hydrogen-bond donors (Lipinski definition) is 0. The van der Waals surface area contributed by atoms with Crippen molar-refractivity contribution in [2.45, 2.75) is 39.0 Å². The fourth-order valence-corrected chi connectivity index (χ4v) is 4.30. The van der Waals surface area contributed by atoms with Crippen LogP contribution in [-0.4, -0.2) is 19.4 Å². The second-order valence-electron chi connectivity index (χ2n) is 6.65. The van der Waals surface area contributed by atoms with Gasteiger partial charge in [-0.25, -0.2) is 4.79 Å². The Kier molecular flexibility index (Phi) is 3.25. The molecule has 0 radical (unpaired) electrons.